The monoisotopic (exact) mass is 154 g/mol. The molecule has 0 fully saturated rings. The van der Waals surface area contributed by atoms with Gasteiger partial charge in [0.15, 0.2) is 0 Å². The van der Waals surface area contributed by atoms with E-state index in [1.165, 1.54) is 6.08 Å². The smallest absolute Gasteiger partial charge is 0.331 e. The van der Waals surface area contributed by atoms with Crippen LogP contribution in [0, 0.1) is 0 Å². The molecule has 1 atom stereocenters. The second-order valence-corrected chi connectivity index (χ2v) is 2.63. The van der Waals surface area contributed by atoms with Crippen LogP contribution < -0.4 is 0 Å². The van der Waals surface area contributed by atoms with Gasteiger partial charge >= 0.3 is 5.97 Å². The van der Waals surface area contributed by atoms with Crippen LogP contribution >= 0.6 is 0 Å². The molecule has 60 valence electrons. The average Bonchev–Trinajstić information content (AvgIpc) is 1.94. The molecule has 0 saturated heterocycles. The van der Waals surface area contributed by atoms with Gasteiger partial charge < -0.3 is 10.2 Å². The third-order valence-electron chi connectivity index (χ3n) is 1.76. The molecular weight excluding hydrogens is 144 g/mol. The van der Waals surface area contributed by atoms with Crippen LogP contribution in [0.5, 0.6) is 0 Å². The van der Waals surface area contributed by atoms with E-state index in [1.54, 1.807) is 13.0 Å². The summed E-state index contributed by atoms with van der Waals surface area (Å²) in [4.78, 5) is 10.4. The van der Waals surface area contributed by atoms with Gasteiger partial charge in [-0.3, -0.25) is 0 Å². The third kappa shape index (κ3) is 1.68. The minimum atomic E-state index is -0.951. The van der Waals surface area contributed by atoms with Crippen LogP contribution in [0.1, 0.15) is 13.3 Å². The molecule has 0 aromatic heterocycles. The molecule has 1 aliphatic rings. The highest BCUT2D eigenvalue weighted by atomic mass is 16.4. The number of hydrogen-bond acceptors (Lipinski definition) is 2. The standard InChI is InChI=1S/C8H10O3/c1-5-2-3-6(8(10)11)4-7(5)9/h2-3,7,9H,4H2,1H3,(H,10,11). The average molecular weight is 154 g/mol. The van der Waals surface area contributed by atoms with Gasteiger partial charge in [0.2, 0.25) is 0 Å². The van der Waals surface area contributed by atoms with Crippen molar-refractivity contribution in [2.75, 3.05) is 0 Å². The van der Waals surface area contributed by atoms with Crippen molar-refractivity contribution in [3.63, 3.8) is 0 Å². The van der Waals surface area contributed by atoms with Crippen LogP contribution in [0.4, 0.5) is 0 Å². The normalized spacial score (nSPS) is 24.0. The van der Waals surface area contributed by atoms with Gasteiger partial charge in [0, 0.05) is 12.0 Å². The summed E-state index contributed by atoms with van der Waals surface area (Å²) in [6.45, 7) is 1.78. The molecule has 0 amide bonds. The zero-order chi connectivity index (χ0) is 8.43. The van der Waals surface area contributed by atoms with Crippen LogP contribution in [0.25, 0.3) is 0 Å². The quantitative estimate of drug-likeness (QED) is 0.584. The summed E-state index contributed by atoms with van der Waals surface area (Å²) < 4.78 is 0. The highest BCUT2D eigenvalue weighted by Gasteiger charge is 2.17. The lowest BCUT2D eigenvalue weighted by molar-refractivity contribution is -0.133. The maximum Gasteiger partial charge on any atom is 0.331 e. The van der Waals surface area contributed by atoms with Gasteiger partial charge in [0.05, 0.1) is 6.10 Å². The molecule has 0 radical (unpaired) electrons. The molecule has 1 aliphatic carbocycles. The Labute approximate surface area is 64.7 Å². The Morgan fingerprint density at radius 2 is 2.27 bits per heavy atom. The SMILES string of the molecule is CC1=CC=C(C(=O)O)CC1O. The van der Waals surface area contributed by atoms with Crippen molar-refractivity contribution in [3.8, 4) is 0 Å². The minimum Gasteiger partial charge on any atom is -0.478 e. The zero-order valence-electron chi connectivity index (χ0n) is 6.24. The van der Waals surface area contributed by atoms with Crippen LogP contribution in [0.3, 0.4) is 0 Å². The maximum atomic E-state index is 10.4. The van der Waals surface area contributed by atoms with Crippen molar-refractivity contribution in [2.45, 2.75) is 19.4 Å². The minimum absolute atomic E-state index is 0.220. The van der Waals surface area contributed by atoms with Crippen LogP contribution in [0.2, 0.25) is 0 Å². The first-order chi connectivity index (χ1) is 5.11. The van der Waals surface area contributed by atoms with E-state index in [-0.39, 0.29) is 12.0 Å². The Morgan fingerprint density at radius 1 is 1.64 bits per heavy atom. The van der Waals surface area contributed by atoms with E-state index in [1.807, 2.05) is 0 Å². The Morgan fingerprint density at radius 3 is 2.73 bits per heavy atom. The number of aliphatic hydroxyl groups is 1. The summed E-state index contributed by atoms with van der Waals surface area (Å²) in [5.74, 6) is -0.951. The van der Waals surface area contributed by atoms with Gasteiger partial charge in [-0.25, -0.2) is 4.79 Å². The molecular formula is C8H10O3. The van der Waals surface area contributed by atoms with E-state index in [0.717, 1.165) is 5.57 Å². The van der Waals surface area contributed by atoms with Gasteiger partial charge in [0.25, 0.3) is 0 Å². The van der Waals surface area contributed by atoms with Crippen LogP contribution in [-0.2, 0) is 4.79 Å². The number of allylic oxidation sites excluding steroid dienone is 2. The number of hydrogen-bond donors (Lipinski definition) is 2. The van der Waals surface area contributed by atoms with Crippen molar-refractivity contribution < 1.29 is 15.0 Å². The van der Waals surface area contributed by atoms with Gasteiger partial charge in [-0.05, 0) is 12.5 Å². The van der Waals surface area contributed by atoms with E-state index in [2.05, 4.69) is 0 Å². The Hall–Kier alpha value is -1.09. The first-order valence-electron chi connectivity index (χ1n) is 3.40. The predicted octanol–water partition coefficient (Wildman–Crippen LogP) is 0.708. The van der Waals surface area contributed by atoms with Crippen LogP contribution in [-0.4, -0.2) is 22.3 Å². The molecule has 0 saturated carbocycles. The lowest BCUT2D eigenvalue weighted by Crippen LogP contribution is -2.16. The highest BCUT2D eigenvalue weighted by molar-refractivity contribution is 5.87. The molecule has 1 unspecified atom stereocenters. The first kappa shape index (κ1) is 8.01. The molecule has 3 nitrogen and oxygen atoms in total. The molecule has 0 aromatic carbocycles. The number of rotatable bonds is 1. The highest BCUT2D eigenvalue weighted by Crippen LogP contribution is 2.18. The van der Waals surface area contributed by atoms with Crippen LogP contribution in [0.15, 0.2) is 23.3 Å². The molecule has 0 heterocycles. The Balaban J connectivity index is 2.82. The lowest BCUT2D eigenvalue weighted by Gasteiger charge is -2.14. The fourth-order valence-electron chi connectivity index (χ4n) is 0.939. The third-order valence-corrected chi connectivity index (χ3v) is 1.76. The van der Waals surface area contributed by atoms with Gasteiger partial charge in [-0.2, -0.15) is 0 Å². The van der Waals surface area contributed by atoms with Crippen molar-refractivity contribution in [1.29, 1.82) is 0 Å². The predicted molar refractivity (Wildman–Crippen MR) is 40.1 cm³/mol. The molecule has 2 N–H and O–H groups in total. The van der Waals surface area contributed by atoms with Gasteiger partial charge in [-0.1, -0.05) is 12.2 Å². The summed E-state index contributed by atoms with van der Waals surface area (Å²) in [5, 5.41) is 17.8. The maximum absolute atomic E-state index is 10.4. The molecule has 0 aliphatic heterocycles. The summed E-state index contributed by atoms with van der Waals surface area (Å²) in [7, 11) is 0. The zero-order valence-corrected chi connectivity index (χ0v) is 6.24. The van der Waals surface area contributed by atoms with E-state index < -0.39 is 12.1 Å². The fourth-order valence-corrected chi connectivity index (χ4v) is 0.939. The van der Waals surface area contributed by atoms with Gasteiger partial charge in [-0.15, -0.1) is 0 Å². The number of carboxylic acid groups (broad SMARTS) is 1. The number of carboxylic acids is 1. The fraction of sp³-hybridized carbons (Fsp3) is 0.375. The summed E-state index contributed by atoms with van der Waals surface area (Å²) >= 11 is 0. The van der Waals surface area contributed by atoms with E-state index in [0.29, 0.717) is 0 Å². The molecule has 1 rings (SSSR count). The van der Waals surface area contributed by atoms with Gasteiger partial charge in [0.1, 0.15) is 0 Å². The van der Waals surface area contributed by atoms with Crippen molar-refractivity contribution in [1.82, 2.24) is 0 Å². The van der Waals surface area contributed by atoms with E-state index >= 15 is 0 Å². The topological polar surface area (TPSA) is 57.5 Å². The molecule has 0 spiro atoms. The molecule has 0 bridgehead atoms. The first-order valence-corrected chi connectivity index (χ1v) is 3.40. The molecule has 11 heavy (non-hydrogen) atoms. The summed E-state index contributed by atoms with van der Waals surface area (Å²) in [6.07, 6.45) is 2.77. The van der Waals surface area contributed by atoms with Crippen molar-refractivity contribution >= 4 is 5.97 Å². The van der Waals surface area contributed by atoms with Crippen molar-refractivity contribution in [3.05, 3.63) is 23.3 Å². The van der Waals surface area contributed by atoms with Crippen molar-refractivity contribution in [2.24, 2.45) is 0 Å². The number of aliphatic carboxylic acids is 1. The van der Waals surface area contributed by atoms with E-state index in [9.17, 15) is 9.90 Å². The number of carbonyl (C=O) groups is 1. The second kappa shape index (κ2) is 2.88. The van der Waals surface area contributed by atoms with E-state index in [4.69, 9.17) is 5.11 Å². The number of aliphatic hydroxyl groups excluding tert-OH is 1. The lowest BCUT2D eigenvalue weighted by atomic mass is 9.97. The Bertz CT molecular complexity index is 238. The Kier molecular flexibility index (Phi) is 2.10. The largest absolute Gasteiger partial charge is 0.478 e. The summed E-state index contributed by atoms with van der Waals surface area (Å²) in [6, 6.07) is 0. The molecule has 0 aromatic rings. The molecule has 3 heteroatoms. The summed E-state index contributed by atoms with van der Waals surface area (Å²) in [5.41, 5.74) is 1.08. The second-order valence-electron chi connectivity index (χ2n) is 2.63.